The van der Waals surface area contributed by atoms with Gasteiger partial charge in [-0.1, -0.05) is 51.1 Å². The molecule has 0 spiro atoms. The maximum Gasteiger partial charge on any atom is 0.191 e. The zero-order valence-corrected chi connectivity index (χ0v) is 16.6. The molecule has 2 atom stereocenters. The largest absolute Gasteiger partial charge is 0.417 e. The summed E-state index contributed by atoms with van der Waals surface area (Å²) in [6.07, 6.45) is 0.531. The van der Waals surface area contributed by atoms with Gasteiger partial charge in [0.15, 0.2) is 8.32 Å². The highest BCUT2D eigenvalue weighted by molar-refractivity contribution is 6.74. The van der Waals surface area contributed by atoms with Gasteiger partial charge in [0.2, 0.25) is 0 Å². The molecular weight excluding hydrogens is 304 g/mol. The maximum absolute atomic E-state index is 12.1. The summed E-state index contributed by atoms with van der Waals surface area (Å²) in [4.78, 5) is 12.1. The van der Waals surface area contributed by atoms with Crippen LogP contribution in [-0.2, 0) is 14.8 Å². The Morgan fingerprint density at radius 1 is 1.17 bits per heavy atom. The van der Waals surface area contributed by atoms with E-state index in [2.05, 4.69) is 33.9 Å². The molecule has 0 saturated heterocycles. The van der Waals surface area contributed by atoms with Crippen LogP contribution >= 0.6 is 0 Å². The van der Waals surface area contributed by atoms with E-state index in [0.29, 0.717) is 13.0 Å². The van der Waals surface area contributed by atoms with E-state index in [1.165, 1.54) is 0 Å². The number of rotatable bonds is 7. The van der Waals surface area contributed by atoms with Crippen LogP contribution < -0.4 is 0 Å². The summed E-state index contributed by atoms with van der Waals surface area (Å²) in [7, 11) is -1.84. The summed E-state index contributed by atoms with van der Waals surface area (Å²) in [6, 6.07) is 9.40. The van der Waals surface area contributed by atoms with Crippen molar-refractivity contribution >= 4 is 14.1 Å². The first-order valence-corrected chi connectivity index (χ1v) is 11.2. The average Bonchev–Trinajstić information content (AvgIpc) is 2.42. The molecule has 0 aromatic heterocycles. The highest BCUT2D eigenvalue weighted by Crippen LogP contribution is 2.37. The third kappa shape index (κ3) is 5.00. The number of carbonyl (C=O) groups is 1. The number of benzene rings is 1. The second-order valence-electron chi connectivity index (χ2n) is 8.07. The summed E-state index contributed by atoms with van der Waals surface area (Å²) >= 11 is 0. The van der Waals surface area contributed by atoms with Crippen molar-refractivity contribution in [1.29, 1.82) is 0 Å². The molecule has 0 fully saturated rings. The number of Topliss-reactive ketones (excluding diaryl/α,β-unsaturated/α-hetero) is 1. The first-order valence-electron chi connectivity index (χ1n) is 8.32. The molecule has 0 aliphatic heterocycles. The summed E-state index contributed by atoms with van der Waals surface area (Å²) in [5.41, 5.74) is -0.406. The van der Waals surface area contributed by atoms with Crippen LogP contribution in [0.2, 0.25) is 18.1 Å². The number of hydrogen-bond donors (Lipinski definition) is 1. The minimum absolute atomic E-state index is 0.00214. The Bertz CT molecular complexity index is 515. The number of carbonyl (C=O) groups excluding carboxylic acids is 1. The van der Waals surface area contributed by atoms with Gasteiger partial charge in [-0.15, -0.1) is 0 Å². The molecule has 1 aromatic carbocycles. The van der Waals surface area contributed by atoms with Gasteiger partial charge in [0, 0.05) is 6.61 Å². The van der Waals surface area contributed by atoms with Gasteiger partial charge >= 0.3 is 0 Å². The molecule has 0 heterocycles. The predicted molar refractivity (Wildman–Crippen MR) is 97.9 cm³/mol. The third-order valence-corrected chi connectivity index (χ3v) is 9.74. The lowest BCUT2D eigenvalue weighted by atomic mass is 9.79. The Hall–Kier alpha value is -0.973. The maximum atomic E-state index is 12.1. The first kappa shape index (κ1) is 20.1. The van der Waals surface area contributed by atoms with Crippen LogP contribution in [0.5, 0.6) is 0 Å². The molecular formula is C19H32O3Si. The summed E-state index contributed by atoms with van der Waals surface area (Å²) < 4.78 is 6.18. The van der Waals surface area contributed by atoms with Crippen LogP contribution in [0.25, 0.3) is 0 Å². The van der Waals surface area contributed by atoms with Gasteiger partial charge in [-0.2, -0.15) is 0 Å². The fourth-order valence-electron chi connectivity index (χ4n) is 2.51. The smallest absolute Gasteiger partial charge is 0.191 e. The molecule has 4 heteroatoms. The van der Waals surface area contributed by atoms with Crippen LogP contribution in [0.3, 0.4) is 0 Å². The molecule has 0 radical (unpaired) electrons. The van der Waals surface area contributed by atoms with E-state index in [0.717, 1.165) is 5.56 Å². The van der Waals surface area contributed by atoms with Crippen LogP contribution in [0.1, 0.15) is 46.6 Å². The van der Waals surface area contributed by atoms with E-state index in [4.69, 9.17) is 4.43 Å². The SMILES string of the molecule is CC(=O)[C@@H](CCO[Si](C)(C)C(C)(C)C)[C@](C)(O)c1ccccc1. The number of hydrogen-bond acceptors (Lipinski definition) is 3. The second-order valence-corrected chi connectivity index (χ2v) is 12.9. The van der Waals surface area contributed by atoms with Crippen molar-refractivity contribution in [3.05, 3.63) is 35.9 Å². The van der Waals surface area contributed by atoms with Gasteiger partial charge in [0.05, 0.1) is 11.5 Å². The van der Waals surface area contributed by atoms with Crippen molar-refractivity contribution in [2.24, 2.45) is 5.92 Å². The molecule has 1 N–H and O–H groups in total. The number of aliphatic hydroxyl groups is 1. The Kier molecular flexibility index (Phi) is 6.36. The fraction of sp³-hybridized carbons (Fsp3) is 0.632. The average molecular weight is 337 g/mol. The van der Waals surface area contributed by atoms with Crippen LogP contribution in [0.15, 0.2) is 30.3 Å². The van der Waals surface area contributed by atoms with Gasteiger partial charge in [-0.05, 0) is 44.0 Å². The molecule has 23 heavy (non-hydrogen) atoms. The molecule has 0 aliphatic rings. The molecule has 1 aromatic rings. The Morgan fingerprint density at radius 3 is 2.13 bits per heavy atom. The Morgan fingerprint density at radius 2 is 1.70 bits per heavy atom. The zero-order chi connectivity index (χ0) is 17.9. The van der Waals surface area contributed by atoms with E-state index in [1.54, 1.807) is 13.8 Å². The molecule has 3 nitrogen and oxygen atoms in total. The molecule has 130 valence electrons. The molecule has 0 bridgehead atoms. The highest BCUT2D eigenvalue weighted by Gasteiger charge is 2.39. The van der Waals surface area contributed by atoms with Crippen molar-refractivity contribution < 1.29 is 14.3 Å². The van der Waals surface area contributed by atoms with Gasteiger partial charge in [0.25, 0.3) is 0 Å². The zero-order valence-electron chi connectivity index (χ0n) is 15.6. The summed E-state index contributed by atoms with van der Waals surface area (Å²) in [5.74, 6) is -0.465. The topological polar surface area (TPSA) is 46.5 Å². The standard InChI is InChI=1S/C19H32O3Si/c1-15(20)17(13-14-22-23(6,7)18(2,3)4)19(5,21)16-11-9-8-10-12-16/h8-12,17,21H,13-14H2,1-7H3/t17-,19-/m1/s1. The molecule has 0 amide bonds. The number of ketones is 1. The van der Waals surface area contributed by atoms with Crippen molar-refractivity contribution in [2.45, 2.75) is 64.8 Å². The molecule has 0 saturated carbocycles. The third-order valence-electron chi connectivity index (χ3n) is 5.20. The quantitative estimate of drug-likeness (QED) is 0.745. The van der Waals surface area contributed by atoms with Gasteiger partial charge in [0.1, 0.15) is 5.78 Å². The fourth-order valence-corrected chi connectivity index (χ4v) is 3.57. The van der Waals surface area contributed by atoms with E-state index in [-0.39, 0.29) is 10.8 Å². The summed E-state index contributed by atoms with van der Waals surface area (Å²) in [6.45, 7) is 14.8. The lowest BCUT2D eigenvalue weighted by Gasteiger charge is -2.37. The Balaban J connectivity index is 2.83. The van der Waals surface area contributed by atoms with E-state index < -0.39 is 19.8 Å². The second kappa shape index (κ2) is 7.28. The lowest BCUT2D eigenvalue weighted by molar-refractivity contribution is -0.130. The minimum Gasteiger partial charge on any atom is -0.417 e. The monoisotopic (exact) mass is 336 g/mol. The van der Waals surface area contributed by atoms with Crippen molar-refractivity contribution in [3.8, 4) is 0 Å². The minimum atomic E-state index is -1.84. The predicted octanol–water partition coefficient (Wildman–Crippen LogP) is 4.51. The highest BCUT2D eigenvalue weighted by atomic mass is 28.4. The van der Waals surface area contributed by atoms with Crippen LogP contribution in [0, 0.1) is 5.92 Å². The van der Waals surface area contributed by atoms with Crippen LogP contribution in [-0.4, -0.2) is 25.8 Å². The van der Waals surface area contributed by atoms with Gasteiger partial charge < -0.3 is 9.53 Å². The van der Waals surface area contributed by atoms with Crippen LogP contribution in [0.4, 0.5) is 0 Å². The Labute approximate surface area is 142 Å². The normalized spacial score (nSPS) is 16.7. The van der Waals surface area contributed by atoms with Crippen molar-refractivity contribution in [1.82, 2.24) is 0 Å². The van der Waals surface area contributed by atoms with E-state index >= 15 is 0 Å². The van der Waals surface area contributed by atoms with Crippen molar-refractivity contribution in [2.75, 3.05) is 6.61 Å². The molecule has 0 unspecified atom stereocenters. The lowest BCUT2D eigenvalue weighted by Crippen LogP contribution is -2.42. The molecule has 0 aliphatic carbocycles. The van der Waals surface area contributed by atoms with Gasteiger partial charge in [-0.25, -0.2) is 0 Å². The molecule has 1 rings (SSSR count). The summed E-state index contributed by atoms with van der Waals surface area (Å²) in [5, 5.41) is 11.1. The van der Waals surface area contributed by atoms with Crippen molar-refractivity contribution in [3.63, 3.8) is 0 Å². The van der Waals surface area contributed by atoms with E-state index in [1.807, 2.05) is 30.3 Å². The first-order chi connectivity index (χ1) is 10.4. The van der Waals surface area contributed by atoms with Gasteiger partial charge in [-0.3, -0.25) is 4.79 Å². The van der Waals surface area contributed by atoms with E-state index in [9.17, 15) is 9.90 Å².